The zero-order chi connectivity index (χ0) is 9.76. The first kappa shape index (κ1) is 12.4. The Kier molecular flexibility index (Phi) is 3.58. The molecule has 82 valence electrons. The third kappa shape index (κ3) is 1.84. The summed E-state index contributed by atoms with van der Waals surface area (Å²) in [7, 11) is 0. The summed E-state index contributed by atoms with van der Waals surface area (Å²) in [5, 5.41) is 10.8. The second kappa shape index (κ2) is 4.33. The van der Waals surface area contributed by atoms with Gasteiger partial charge in [-0.3, -0.25) is 0 Å². The smallest absolute Gasteiger partial charge is 1.00 e. The summed E-state index contributed by atoms with van der Waals surface area (Å²) in [4.78, 5) is 0. The maximum atomic E-state index is 10.8. The Bertz CT molecular complexity index is 216. The van der Waals surface area contributed by atoms with Gasteiger partial charge in [-0.15, -0.1) is 0 Å². The van der Waals surface area contributed by atoms with Gasteiger partial charge in [0.05, 0.1) is 5.60 Å². The topological polar surface area (TPSA) is 20.2 Å². The molecular weight excluding hydrogens is 195 g/mol. The van der Waals surface area contributed by atoms with Gasteiger partial charge in [-0.2, -0.15) is 0 Å². The summed E-state index contributed by atoms with van der Waals surface area (Å²) in [6.07, 6.45) is 9.04. The van der Waals surface area contributed by atoms with E-state index in [1.807, 2.05) is 0 Å². The van der Waals surface area contributed by atoms with Crippen LogP contribution >= 0.6 is 0 Å². The minimum absolute atomic E-state index is 0. The van der Waals surface area contributed by atoms with E-state index in [0.717, 1.165) is 24.7 Å². The molecule has 0 aliphatic heterocycles. The molecule has 4 fully saturated rings. The number of hydrogen-bond donors (Lipinski definition) is 1. The Hall–Kier alpha value is 0.960. The van der Waals surface area contributed by atoms with E-state index in [9.17, 15) is 5.11 Å². The van der Waals surface area contributed by atoms with Crippen molar-refractivity contribution in [2.75, 3.05) is 0 Å². The van der Waals surface area contributed by atoms with Crippen LogP contribution in [0.3, 0.4) is 0 Å². The molecule has 0 aromatic heterocycles. The van der Waals surface area contributed by atoms with Crippen LogP contribution in [0.5, 0.6) is 0 Å². The van der Waals surface area contributed by atoms with Crippen LogP contribution in [-0.4, -0.2) is 10.7 Å². The fourth-order valence-electron chi connectivity index (χ4n) is 4.81. The maximum absolute atomic E-state index is 10.8. The van der Waals surface area contributed by atoms with Gasteiger partial charge < -0.3 is 6.53 Å². The second-order valence-corrected chi connectivity index (χ2v) is 6.05. The van der Waals surface area contributed by atoms with Gasteiger partial charge in [-0.25, -0.2) is 0 Å². The SMILES string of the molecule is CCCC1(O)C2CC3CC(C2)CC1C3.[H-].[Na+]. The molecule has 0 atom stereocenters. The average Bonchev–Trinajstić information content (AvgIpc) is 2.14. The number of rotatable bonds is 2. The standard InChI is InChI=1S/C13H22O.Na.H/c1-2-3-13(14)11-5-9-4-10(7-11)8-12(13)6-9;;/h9-12,14H,2-8H2,1H3;;/q;+1;-1. The summed E-state index contributed by atoms with van der Waals surface area (Å²) >= 11 is 0. The predicted octanol–water partition coefficient (Wildman–Crippen LogP) is 0.0902. The van der Waals surface area contributed by atoms with Crippen LogP contribution in [0.15, 0.2) is 0 Å². The van der Waals surface area contributed by atoms with E-state index in [1.54, 1.807) is 0 Å². The molecule has 4 aliphatic carbocycles. The molecule has 1 N–H and O–H groups in total. The van der Waals surface area contributed by atoms with Crippen LogP contribution in [-0.2, 0) is 0 Å². The van der Waals surface area contributed by atoms with Crippen molar-refractivity contribution in [3.63, 3.8) is 0 Å². The van der Waals surface area contributed by atoms with Gasteiger partial charge in [0.2, 0.25) is 0 Å². The van der Waals surface area contributed by atoms with Gasteiger partial charge in [0, 0.05) is 0 Å². The first-order valence-corrected chi connectivity index (χ1v) is 6.44. The third-order valence-electron chi connectivity index (χ3n) is 5.20. The molecule has 0 spiro atoms. The van der Waals surface area contributed by atoms with Gasteiger partial charge >= 0.3 is 29.6 Å². The van der Waals surface area contributed by atoms with E-state index < -0.39 is 0 Å². The quantitative estimate of drug-likeness (QED) is 0.651. The molecule has 0 unspecified atom stereocenters. The normalized spacial score (nSPS) is 51.6. The van der Waals surface area contributed by atoms with Crippen molar-refractivity contribution in [3.05, 3.63) is 0 Å². The fraction of sp³-hybridized carbons (Fsp3) is 1.00. The van der Waals surface area contributed by atoms with Crippen molar-refractivity contribution in [3.8, 4) is 0 Å². The Labute approximate surface area is 117 Å². The van der Waals surface area contributed by atoms with Crippen LogP contribution in [0.25, 0.3) is 0 Å². The molecule has 0 aromatic carbocycles. The summed E-state index contributed by atoms with van der Waals surface area (Å²) in [6, 6.07) is 0. The third-order valence-corrected chi connectivity index (χ3v) is 5.20. The fourth-order valence-corrected chi connectivity index (χ4v) is 4.81. The van der Waals surface area contributed by atoms with Crippen LogP contribution < -0.4 is 29.6 Å². The molecule has 4 saturated carbocycles. The van der Waals surface area contributed by atoms with Crippen molar-refractivity contribution >= 4 is 0 Å². The van der Waals surface area contributed by atoms with Crippen LogP contribution in [0.4, 0.5) is 0 Å². The van der Waals surface area contributed by atoms with Gasteiger partial charge in [0.1, 0.15) is 0 Å². The molecular formula is C13H23NaO. The minimum atomic E-state index is -0.248. The molecule has 2 heteroatoms. The van der Waals surface area contributed by atoms with Crippen LogP contribution in [0, 0.1) is 23.7 Å². The monoisotopic (exact) mass is 218 g/mol. The molecule has 0 radical (unpaired) electrons. The van der Waals surface area contributed by atoms with Gasteiger partial charge in [0.15, 0.2) is 0 Å². The van der Waals surface area contributed by atoms with Crippen molar-refractivity contribution in [2.24, 2.45) is 23.7 Å². The van der Waals surface area contributed by atoms with E-state index in [2.05, 4.69) is 6.92 Å². The molecule has 0 amide bonds. The molecule has 0 aromatic rings. The van der Waals surface area contributed by atoms with E-state index >= 15 is 0 Å². The van der Waals surface area contributed by atoms with Crippen molar-refractivity contribution < 1.29 is 36.1 Å². The molecule has 4 aliphatic rings. The molecule has 0 heterocycles. The molecule has 4 bridgehead atoms. The minimum Gasteiger partial charge on any atom is -1.00 e. The summed E-state index contributed by atoms with van der Waals surface area (Å²) < 4.78 is 0. The van der Waals surface area contributed by atoms with E-state index in [4.69, 9.17) is 0 Å². The molecule has 4 rings (SSSR count). The molecule has 1 nitrogen and oxygen atoms in total. The average molecular weight is 218 g/mol. The summed E-state index contributed by atoms with van der Waals surface area (Å²) in [5.41, 5.74) is -0.248. The molecule has 15 heavy (non-hydrogen) atoms. The van der Waals surface area contributed by atoms with Crippen molar-refractivity contribution in [1.29, 1.82) is 0 Å². The zero-order valence-corrected chi connectivity index (χ0v) is 12.2. The van der Waals surface area contributed by atoms with Gasteiger partial charge in [-0.05, 0) is 62.2 Å². The maximum Gasteiger partial charge on any atom is 1.00 e. The van der Waals surface area contributed by atoms with Gasteiger partial charge in [0.25, 0.3) is 0 Å². The second-order valence-electron chi connectivity index (χ2n) is 6.05. The number of hydrogen-bond acceptors (Lipinski definition) is 1. The van der Waals surface area contributed by atoms with E-state index in [0.29, 0.717) is 11.8 Å². The van der Waals surface area contributed by atoms with Gasteiger partial charge in [-0.1, -0.05) is 13.3 Å². The Morgan fingerprint density at radius 1 is 1.07 bits per heavy atom. The summed E-state index contributed by atoms with van der Waals surface area (Å²) in [6.45, 7) is 2.21. The van der Waals surface area contributed by atoms with Crippen molar-refractivity contribution in [1.82, 2.24) is 0 Å². The molecule has 0 saturated heterocycles. The first-order valence-electron chi connectivity index (χ1n) is 6.44. The Balaban J connectivity index is 0.000000640. The Morgan fingerprint density at radius 2 is 1.53 bits per heavy atom. The van der Waals surface area contributed by atoms with E-state index in [1.165, 1.54) is 32.1 Å². The number of aliphatic hydroxyl groups is 1. The largest absolute Gasteiger partial charge is 1.00 e. The van der Waals surface area contributed by atoms with E-state index in [-0.39, 0.29) is 36.6 Å². The zero-order valence-electron chi connectivity index (χ0n) is 11.2. The Morgan fingerprint density at radius 3 is 1.93 bits per heavy atom. The first-order chi connectivity index (χ1) is 6.72. The van der Waals surface area contributed by atoms with Crippen molar-refractivity contribution in [2.45, 2.75) is 57.5 Å². The van der Waals surface area contributed by atoms with Crippen LogP contribution in [0.2, 0.25) is 0 Å². The predicted molar refractivity (Wildman–Crippen MR) is 58.0 cm³/mol. The summed E-state index contributed by atoms with van der Waals surface area (Å²) in [5.74, 6) is 3.29. The van der Waals surface area contributed by atoms with Crippen LogP contribution in [0.1, 0.15) is 53.3 Å².